The zero-order valence-corrected chi connectivity index (χ0v) is 11.8. The molecule has 0 atom stereocenters. The lowest BCUT2D eigenvalue weighted by molar-refractivity contribution is 0.701. The fraction of sp³-hybridized carbons (Fsp3) is 0.417. The van der Waals surface area contributed by atoms with Crippen LogP contribution >= 0.6 is 27.5 Å². The SMILES string of the molecule is NNC(=NC1CCCC1)c1cc(Cl)cc(Br)c1. The van der Waals surface area contributed by atoms with Crippen LogP contribution in [0, 0.1) is 0 Å². The molecule has 0 unspecified atom stereocenters. The Kier molecular flexibility index (Phi) is 4.42. The molecule has 1 saturated carbocycles. The summed E-state index contributed by atoms with van der Waals surface area (Å²) in [4.78, 5) is 4.65. The number of amidine groups is 1. The number of nitrogens with one attached hydrogen (secondary N) is 1. The zero-order chi connectivity index (χ0) is 12.3. The molecule has 2 rings (SSSR count). The molecule has 0 amide bonds. The van der Waals surface area contributed by atoms with Crippen molar-refractivity contribution in [1.82, 2.24) is 5.43 Å². The molecule has 17 heavy (non-hydrogen) atoms. The standard InChI is InChI=1S/C12H15BrClN3/c13-9-5-8(6-10(14)7-9)12(17-15)16-11-3-1-2-4-11/h5-7,11H,1-4,15H2,(H,16,17). The smallest absolute Gasteiger partial charge is 0.142 e. The van der Waals surface area contributed by atoms with Crippen LogP contribution in [0.15, 0.2) is 27.7 Å². The average molecular weight is 317 g/mol. The highest BCUT2D eigenvalue weighted by atomic mass is 79.9. The molecule has 1 aromatic rings. The second-order valence-corrected chi connectivity index (χ2v) is 5.57. The number of hydrogen-bond acceptors (Lipinski definition) is 2. The summed E-state index contributed by atoms with van der Waals surface area (Å²) < 4.78 is 0.925. The summed E-state index contributed by atoms with van der Waals surface area (Å²) in [6.07, 6.45) is 4.80. The van der Waals surface area contributed by atoms with Crippen molar-refractivity contribution in [3.8, 4) is 0 Å². The van der Waals surface area contributed by atoms with Crippen LogP contribution in [0.3, 0.4) is 0 Å². The first-order valence-corrected chi connectivity index (χ1v) is 6.87. The first-order valence-electron chi connectivity index (χ1n) is 5.70. The van der Waals surface area contributed by atoms with Crippen LogP contribution in [0.4, 0.5) is 0 Å². The third-order valence-corrected chi connectivity index (χ3v) is 3.59. The third kappa shape index (κ3) is 3.44. The average Bonchev–Trinajstić information content (AvgIpc) is 2.77. The van der Waals surface area contributed by atoms with Gasteiger partial charge in [0.1, 0.15) is 5.84 Å². The lowest BCUT2D eigenvalue weighted by atomic mass is 10.2. The Hall–Kier alpha value is -0.580. The molecule has 5 heteroatoms. The Bertz CT molecular complexity index is 408. The molecule has 3 N–H and O–H groups in total. The molecule has 0 bridgehead atoms. The van der Waals surface area contributed by atoms with Crippen LogP contribution < -0.4 is 11.3 Å². The van der Waals surface area contributed by atoms with Crippen LogP contribution in [0.1, 0.15) is 31.2 Å². The van der Waals surface area contributed by atoms with Gasteiger partial charge in [0.2, 0.25) is 0 Å². The molecule has 0 spiro atoms. The van der Waals surface area contributed by atoms with Gasteiger partial charge in [0.25, 0.3) is 0 Å². The molecule has 0 radical (unpaired) electrons. The minimum Gasteiger partial charge on any atom is -0.308 e. The molecule has 1 aliphatic carbocycles. The molecular weight excluding hydrogens is 302 g/mol. The number of benzene rings is 1. The van der Waals surface area contributed by atoms with Gasteiger partial charge < -0.3 is 5.43 Å². The Morgan fingerprint density at radius 1 is 1.35 bits per heavy atom. The van der Waals surface area contributed by atoms with Crippen LogP contribution in [0.2, 0.25) is 5.02 Å². The van der Waals surface area contributed by atoms with Crippen LogP contribution in [0.5, 0.6) is 0 Å². The number of hydrogen-bond donors (Lipinski definition) is 2. The second kappa shape index (κ2) is 5.85. The van der Waals surface area contributed by atoms with Gasteiger partial charge in [-0.25, -0.2) is 5.84 Å². The van der Waals surface area contributed by atoms with E-state index in [0.29, 0.717) is 16.9 Å². The Labute approximate surface area is 115 Å². The van der Waals surface area contributed by atoms with Crippen molar-refractivity contribution in [3.05, 3.63) is 33.3 Å². The summed E-state index contributed by atoms with van der Waals surface area (Å²) in [7, 11) is 0. The quantitative estimate of drug-likeness (QED) is 0.381. The number of nitrogens with two attached hydrogens (primary N) is 1. The van der Waals surface area contributed by atoms with Gasteiger partial charge in [-0.1, -0.05) is 40.4 Å². The van der Waals surface area contributed by atoms with Gasteiger partial charge in [0, 0.05) is 15.1 Å². The summed E-state index contributed by atoms with van der Waals surface area (Å²) >= 11 is 9.43. The molecule has 0 aromatic heterocycles. The zero-order valence-electron chi connectivity index (χ0n) is 9.42. The van der Waals surface area contributed by atoms with E-state index in [2.05, 4.69) is 26.3 Å². The van der Waals surface area contributed by atoms with E-state index in [-0.39, 0.29) is 0 Å². The van der Waals surface area contributed by atoms with Crippen molar-refractivity contribution < 1.29 is 0 Å². The normalized spacial score (nSPS) is 17.5. The Balaban J connectivity index is 2.27. The highest BCUT2D eigenvalue weighted by Crippen LogP contribution is 2.23. The van der Waals surface area contributed by atoms with Gasteiger partial charge >= 0.3 is 0 Å². The van der Waals surface area contributed by atoms with Crippen molar-refractivity contribution in [2.45, 2.75) is 31.7 Å². The number of nitrogens with zero attached hydrogens (tertiary/aromatic N) is 1. The van der Waals surface area contributed by atoms with E-state index in [1.807, 2.05) is 18.2 Å². The van der Waals surface area contributed by atoms with E-state index < -0.39 is 0 Å². The van der Waals surface area contributed by atoms with E-state index in [4.69, 9.17) is 17.4 Å². The predicted octanol–water partition coefficient (Wildman–Crippen LogP) is 3.26. The first kappa shape index (κ1) is 12.9. The van der Waals surface area contributed by atoms with E-state index in [9.17, 15) is 0 Å². The molecular formula is C12H15BrClN3. The topological polar surface area (TPSA) is 50.4 Å². The fourth-order valence-corrected chi connectivity index (χ4v) is 2.96. The maximum atomic E-state index is 6.01. The van der Waals surface area contributed by atoms with Crippen molar-refractivity contribution in [1.29, 1.82) is 0 Å². The van der Waals surface area contributed by atoms with Crippen LogP contribution in [-0.2, 0) is 0 Å². The molecule has 1 fully saturated rings. The fourth-order valence-electron chi connectivity index (χ4n) is 2.10. The van der Waals surface area contributed by atoms with Gasteiger partial charge in [-0.3, -0.25) is 4.99 Å². The number of hydrazine groups is 1. The van der Waals surface area contributed by atoms with E-state index in [1.54, 1.807) is 0 Å². The summed E-state index contributed by atoms with van der Waals surface area (Å²) in [6, 6.07) is 6.05. The van der Waals surface area contributed by atoms with Gasteiger partial charge in [0.05, 0.1) is 6.04 Å². The molecule has 0 aliphatic heterocycles. The minimum absolute atomic E-state index is 0.388. The monoisotopic (exact) mass is 315 g/mol. The number of aliphatic imine (C=N–C) groups is 1. The molecule has 0 saturated heterocycles. The highest BCUT2D eigenvalue weighted by molar-refractivity contribution is 9.10. The lowest BCUT2D eigenvalue weighted by Gasteiger charge is -2.10. The maximum absolute atomic E-state index is 6.01. The van der Waals surface area contributed by atoms with Gasteiger partial charge in [-0.15, -0.1) is 0 Å². The lowest BCUT2D eigenvalue weighted by Crippen LogP contribution is -2.32. The van der Waals surface area contributed by atoms with Crippen molar-refractivity contribution in [3.63, 3.8) is 0 Å². The molecule has 3 nitrogen and oxygen atoms in total. The van der Waals surface area contributed by atoms with Crippen molar-refractivity contribution in [2.24, 2.45) is 10.8 Å². The minimum atomic E-state index is 0.388. The molecule has 0 heterocycles. The maximum Gasteiger partial charge on any atom is 0.142 e. The van der Waals surface area contributed by atoms with Crippen LogP contribution in [-0.4, -0.2) is 11.9 Å². The number of halogens is 2. The summed E-state index contributed by atoms with van der Waals surface area (Å²) in [5.74, 6) is 6.25. The molecule has 92 valence electrons. The van der Waals surface area contributed by atoms with Crippen molar-refractivity contribution in [2.75, 3.05) is 0 Å². The summed E-state index contributed by atoms with van der Waals surface area (Å²) in [5, 5.41) is 0.670. The van der Waals surface area contributed by atoms with E-state index >= 15 is 0 Å². The summed E-state index contributed by atoms with van der Waals surface area (Å²) in [6.45, 7) is 0. The van der Waals surface area contributed by atoms with E-state index in [1.165, 1.54) is 12.8 Å². The first-order chi connectivity index (χ1) is 8.19. The second-order valence-electron chi connectivity index (χ2n) is 4.22. The number of rotatable bonds is 2. The summed E-state index contributed by atoms with van der Waals surface area (Å²) in [5.41, 5.74) is 3.59. The third-order valence-electron chi connectivity index (χ3n) is 2.91. The Morgan fingerprint density at radius 2 is 2.06 bits per heavy atom. The van der Waals surface area contributed by atoms with Gasteiger partial charge in [0.15, 0.2) is 0 Å². The Morgan fingerprint density at radius 3 is 2.65 bits per heavy atom. The predicted molar refractivity (Wildman–Crippen MR) is 75.3 cm³/mol. The van der Waals surface area contributed by atoms with Crippen LogP contribution in [0.25, 0.3) is 0 Å². The molecule has 1 aliphatic rings. The van der Waals surface area contributed by atoms with E-state index in [0.717, 1.165) is 22.9 Å². The van der Waals surface area contributed by atoms with Gasteiger partial charge in [-0.2, -0.15) is 0 Å². The van der Waals surface area contributed by atoms with Crippen molar-refractivity contribution >= 4 is 33.4 Å². The largest absolute Gasteiger partial charge is 0.308 e. The molecule has 1 aromatic carbocycles. The highest BCUT2D eigenvalue weighted by Gasteiger charge is 2.15. The van der Waals surface area contributed by atoms with Gasteiger partial charge in [-0.05, 0) is 31.0 Å².